The largest absolute Gasteiger partial charge is 0.500 e. The number of aromatic nitrogens is 3. The number of nitrogens with zero attached hydrogens (tertiary/aromatic N) is 3. The first-order chi connectivity index (χ1) is 9.45. The van der Waals surface area contributed by atoms with Crippen LogP contribution in [0.3, 0.4) is 0 Å². The Morgan fingerprint density at radius 2 is 2.20 bits per heavy atom. The van der Waals surface area contributed by atoms with E-state index in [1.54, 1.807) is 0 Å². The van der Waals surface area contributed by atoms with E-state index in [9.17, 15) is 20.0 Å². The highest BCUT2D eigenvalue weighted by Crippen LogP contribution is 2.39. The fourth-order valence-corrected chi connectivity index (χ4v) is 1.63. The van der Waals surface area contributed by atoms with Gasteiger partial charge in [0, 0.05) is 11.6 Å². The highest BCUT2D eigenvalue weighted by atomic mass is 16.6. The first-order valence-electron chi connectivity index (χ1n) is 5.22. The summed E-state index contributed by atoms with van der Waals surface area (Å²) >= 11 is 0. The molecule has 2 rings (SSSR count). The fourth-order valence-electron chi connectivity index (χ4n) is 1.63. The molecule has 0 radical (unpaired) electrons. The van der Waals surface area contributed by atoms with Crippen molar-refractivity contribution in [3.63, 3.8) is 0 Å². The molecule has 1 aromatic carbocycles. The number of amides is 1. The number of nitro groups is 1. The Morgan fingerprint density at radius 1 is 1.50 bits per heavy atom. The van der Waals surface area contributed by atoms with E-state index in [2.05, 4.69) is 15.4 Å². The molecule has 0 aliphatic rings. The molecule has 4 N–H and O–H groups in total. The predicted molar refractivity (Wildman–Crippen MR) is 65.2 cm³/mol. The highest BCUT2D eigenvalue weighted by Gasteiger charge is 2.24. The zero-order valence-electron chi connectivity index (χ0n) is 10.2. The Morgan fingerprint density at radius 3 is 2.75 bits per heavy atom. The molecule has 10 heteroatoms. The van der Waals surface area contributed by atoms with Gasteiger partial charge in [-0.15, -0.1) is 0 Å². The smallest absolute Gasteiger partial charge is 0.315 e. The van der Waals surface area contributed by atoms with Crippen molar-refractivity contribution in [1.29, 1.82) is 0 Å². The van der Waals surface area contributed by atoms with Crippen molar-refractivity contribution in [1.82, 2.24) is 15.4 Å². The van der Waals surface area contributed by atoms with Crippen LogP contribution in [0.4, 0.5) is 5.69 Å². The number of carbonyl (C=O) groups excluding carboxylic acids is 1. The minimum atomic E-state index is -0.844. The standard InChI is InChI=1S/C10H9N5O5/c1-20-6-3-4(2-5(9(6)16)15(18)19)7-8(10(11)17)13-14-12-7/h2-3,16H,1H3,(H2,11,17)(H,12,13,14). The van der Waals surface area contributed by atoms with Crippen molar-refractivity contribution >= 4 is 11.6 Å². The zero-order valence-corrected chi connectivity index (χ0v) is 10.2. The molecule has 2 aromatic rings. The van der Waals surface area contributed by atoms with Gasteiger partial charge in [-0.25, -0.2) is 0 Å². The number of methoxy groups -OCH3 is 1. The molecule has 0 aliphatic carbocycles. The number of hydrogen-bond acceptors (Lipinski definition) is 7. The lowest BCUT2D eigenvalue weighted by Crippen LogP contribution is -2.12. The van der Waals surface area contributed by atoms with Crippen molar-refractivity contribution in [2.45, 2.75) is 0 Å². The number of nitrogens with one attached hydrogen (secondary N) is 1. The van der Waals surface area contributed by atoms with Gasteiger partial charge in [-0.3, -0.25) is 14.9 Å². The third-order valence-corrected chi connectivity index (χ3v) is 2.53. The number of ether oxygens (including phenoxy) is 1. The lowest BCUT2D eigenvalue weighted by Gasteiger charge is -2.06. The Kier molecular flexibility index (Phi) is 3.21. The van der Waals surface area contributed by atoms with Crippen LogP contribution in [0.2, 0.25) is 0 Å². The molecule has 0 atom stereocenters. The quantitative estimate of drug-likeness (QED) is 0.532. The van der Waals surface area contributed by atoms with Gasteiger partial charge in [0.05, 0.1) is 12.0 Å². The Balaban J connectivity index is 2.68. The number of primary amides is 1. The van der Waals surface area contributed by atoms with E-state index in [0.717, 1.165) is 6.07 Å². The summed E-state index contributed by atoms with van der Waals surface area (Å²) < 4.78 is 4.85. The molecule has 1 amide bonds. The first-order valence-corrected chi connectivity index (χ1v) is 5.22. The van der Waals surface area contributed by atoms with Gasteiger partial charge in [0.2, 0.25) is 5.75 Å². The van der Waals surface area contributed by atoms with E-state index in [4.69, 9.17) is 10.5 Å². The van der Waals surface area contributed by atoms with Crippen LogP contribution in [-0.4, -0.2) is 38.5 Å². The van der Waals surface area contributed by atoms with Gasteiger partial charge in [-0.2, -0.15) is 15.4 Å². The normalized spacial score (nSPS) is 10.2. The number of phenolic OH excluding ortho intramolecular Hbond substituents is 1. The topological polar surface area (TPSA) is 157 Å². The molecule has 20 heavy (non-hydrogen) atoms. The third kappa shape index (κ3) is 2.09. The van der Waals surface area contributed by atoms with Crippen LogP contribution in [0, 0.1) is 10.1 Å². The van der Waals surface area contributed by atoms with Crippen molar-refractivity contribution in [3.05, 3.63) is 27.9 Å². The second-order valence-corrected chi connectivity index (χ2v) is 3.69. The van der Waals surface area contributed by atoms with Gasteiger partial charge in [-0.05, 0) is 6.07 Å². The molecule has 0 unspecified atom stereocenters. The number of nitrogens with two attached hydrogens (primary N) is 1. The first kappa shape index (κ1) is 13.3. The minimum absolute atomic E-state index is 0.0268. The summed E-state index contributed by atoms with van der Waals surface area (Å²) in [6.07, 6.45) is 0. The van der Waals surface area contributed by atoms with Crippen LogP contribution in [0.25, 0.3) is 11.3 Å². The molecular formula is C10H9N5O5. The number of rotatable bonds is 4. The van der Waals surface area contributed by atoms with Crippen molar-refractivity contribution in [2.24, 2.45) is 5.73 Å². The molecule has 0 aliphatic heterocycles. The number of nitro benzene ring substituents is 1. The number of carbonyl (C=O) groups is 1. The molecule has 104 valence electrons. The molecule has 10 nitrogen and oxygen atoms in total. The number of benzene rings is 1. The van der Waals surface area contributed by atoms with Crippen LogP contribution >= 0.6 is 0 Å². The Bertz CT molecular complexity index is 695. The molecule has 0 bridgehead atoms. The molecule has 0 saturated carbocycles. The van der Waals surface area contributed by atoms with E-state index in [0.29, 0.717) is 0 Å². The van der Waals surface area contributed by atoms with Crippen LogP contribution < -0.4 is 10.5 Å². The molecular weight excluding hydrogens is 270 g/mol. The van der Waals surface area contributed by atoms with E-state index in [1.807, 2.05) is 0 Å². The fraction of sp³-hybridized carbons (Fsp3) is 0.100. The molecule has 1 aromatic heterocycles. The van der Waals surface area contributed by atoms with Crippen LogP contribution in [0.1, 0.15) is 10.5 Å². The second kappa shape index (κ2) is 4.84. The van der Waals surface area contributed by atoms with E-state index in [1.165, 1.54) is 13.2 Å². The van der Waals surface area contributed by atoms with Crippen LogP contribution in [0.15, 0.2) is 12.1 Å². The van der Waals surface area contributed by atoms with Gasteiger partial charge < -0.3 is 15.6 Å². The van der Waals surface area contributed by atoms with Crippen molar-refractivity contribution < 1.29 is 19.6 Å². The summed E-state index contributed by atoms with van der Waals surface area (Å²) in [7, 11) is 1.24. The van der Waals surface area contributed by atoms with E-state index in [-0.39, 0.29) is 22.7 Å². The summed E-state index contributed by atoms with van der Waals surface area (Å²) in [5.74, 6) is -1.60. The SMILES string of the molecule is COc1cc(-c2n[nH]nc2C(N)=O)cc([N+](=O)[O-])c1O. The Labute approximate surface area is 111 Å². The summed E-state index contributed by atoms with van der Waals surface area (Å²) in [5, 5.41) is 30.0. The molecule has 0 spiro atoms. The predicted octanol–water partition coefficient (Wildman–Crippen LogP) is 0.193. The maximum absolute atomic E-state index is 11.2. The number of aromatic hydroxyl groups is 1. The Hall–Kier alpha value is -3.17. The average molecular weight is 279 g/mol. The van der Waals surface area contributed by atoms with Crippen molar-refractivity contribution in [3.8, 4) is 22.8 Å². The maximum atomic E-state index is 11.2. The average Bonchev–Trinajstić information content (AvgIpc) is 2.88. The summed E-state index contributed by atoms with van der Waals surface area (Å²) in [5.41, 5.74) is 4.55. The second-order valence-electron chi connectivity index (χ2n) is 3.69. The summed E-state index contributed by atoms with van der Waals surface area (Å²) in [6.45, 7) is 0. The van der Waals surface area contributed by atoms with Gasteiger partial charge in [0.25, 0.3) is 5.91 Å². The van der Waals surface area contributed by atoms with Crippen LogP contribution in [0.5, 0.6) is 11.5 Å². The summed E-state index contributed by atoms with van der Waals surface area (Å²) in [4.78, 5) is 21.3. The van der Waals surface area contributed by atoms with Gasteiger partial charge in [0.1, 0.15) is 5.69 Å². The molecule has 0 saturated heterocycles. The molecule has 0 fully saturated rings. The third-order valence-electron chi connectivity index (χ3n) is 2.53. The van der Waals surface area contributed by atoms with Gasteiger partial charge >= 0.3 is 5.69 Å². The lowest BCUT2D eigenvalue weighted by molar-refractivity contribution is -0.385. The number of H-pyrrole nitrogens is 1. The molecule has 1 heterocycles. The number of hydrogen-bond donors (Lipinski definition) is 3. The maximum Gasteiger partial charge on any atom is 0.315 e. The van der Waals surface area contributed by atoms with Gasteiger partial charge in [0.15, 0.2) is 11.4 Å². The lowest BCUT2D eigenvalue weighted by atomic mass is 10.1. The van der Waals surface area contributed by atoms with Crippen LogP contribution in [-0.2, 0) is 0 Å². The van der Waals surface area contributed by atoms with E-state index >= 15 is 0 Å². The summed E-state index contributed by atoms with van der Waals surface area (Å²) in [6, 6.07) is 2.33. The van der Waals surface area contributed by atoms with Gasteiger partial charge in [-0.1, -0.05) is 0 Å². The highest BCUT2D eigenvalue weighted by molar-refractivity contribution is 5.97. The number of phenols is 1. The number of aromatic amines is 1. The van der Waals surface area contributed by atoms with E-state index < -0.39 is 22.3 Å². The minimum Gasteiger partial charge on any atom is -0.500 e. The monoisotopic (exact) mass is 279 g/mol. The zero-order chi connectivity index (χ0) is 14.9. The van der Waals surface area contributed by atoms with Crippen molar-refractivity contribution in [2.75, 3.05) is 7.11 Å².